The van der Waals surface area contributed by atoms with Gasteiger partial charge in [0.05, 0.1) is 23.4 Å². The van der Waals surface area contributed by atoms with Crippen molar-refractivity contribution in [2.75, 3.05) is 0 Å². The molecule has 5 atom stereocenters. The molecular formula is C17H29N2O7P. The molecule has 10 heteroatoms. The van der Waals surface area contributed by atoms with Crippen molar-refractivity contribution in [3.63, 3.8) is 0 Å². The Morgan fingerprint density at radius 1 is 1.37 bits per heavy atom. The van der Waals surface area contributed by atoms with Crippen molar-refractivity contribution in [1.82, 2.24) is 9.97 Å². The molecule has 1 aliphatic heterocycles. The van der Waals surface area contributed by atoms with Gasteiger partial charge in [-0.15, -0.1) is 0 Å². The maximum absolute atomic E-state index is 12.5. The predicted octanol–water partition coefficient (Wildman–Crippen LogP) is 2.02. The van der Waals surface area contributed by atoms with Crippen molar-refractivity contribution in [3.8, 4) is 0 Å². The first kappa shape index (κ1) is 22.0. The molecule has 4 N–H and O–H groups in total. The lowest BCUT2D eigenvalue weighted by molar-refractivity contribution is -0.0736. The summed E-state index contributed by atoms with van der Waals surface area (Å²) in [6, 6.07) is 0. The van der Waals surface area contributed by atoms with Crippen LogP contribution in [0.15, 0.2) is 15.8 Å². The summed E-state index contributed by atoms with van der Waals surface area (Å²) in [7, 11) is -4.29. The van der Waals surface area contributed by atoms with Crippen LogP contribution in [-0.4, -0.2) is 37.0 Å². The second kappa shape index (κ2) is 7.64. The Kier molecular flexibility index (Phi) is 6.24. The average molecular weight is 404 g/mol. The Bertz CT molecular complexity index is 828. The van der Waals surface area contributed by atoms with Crippen LogP contribution in [0.5, 0.6) is 0 Å². The third-order valence-corrected chi connectivity index (χ3v) is 7.54. The van der Waals surface area contributed by atoms with E-state index in [0.29, 0.717) is 24.8 Å². The van der Waals surface area contributed by atoms with Crippen LogP contribution in [0.4, 0.5) is 0 Å². The molecule has 1 aliphatic rings. The largest absolute Gasteiger partial charge is 0.378 e. The molecule has 1 aromatic rings. The SMILES string of the molecule is CCC(C)(OP(=O)(O)C(C)(C)O)C(C)C1CCC(c2c[nH]c(=O)[nH]c2=O)O1. The quantitative estimate of drug-likeness (QED) is 0.509. The zero-order chi connectivity index (χ0) is 20.6. The number of aromatic nitrogens is 2. The monoisotopic (exact) mass is 404 g/mol. The second-order valence-electron chi connectivity index (χ2n) is 7.83. The number of aromatic amines is 2. The molecule has 2 rings (SSSR count). The second-order valence-corrected chi connectivity index (χ2v) is 10.1. The first-order valence-corrected chi connectivity index (χ1v) is 10.6. The number of hydrogen-bond acceptors (Lipinski definition) is 6. The number of ether oxygens (including phenoxy) is 1. The summed E-state index contributed by atoms with van der Waals surface area (Å²) in [5.41, 5.74) is -1.74. The van der Waals surface area contributed by atoms with E-state index < -0.39 is 35.9 Å². The van der Waals surface area contributed by atoms with E-state index in [1.165, 1.54) is 20.0 Å². The van der Waals surface area contributed by atoms with Crippen LogP contribution in [-0.2, 0) is 13.8 Å². The standard InChI is InChI=1S/C17H29N2O7P/c1-6-17(5,26-27(23,24)16(3,4)22)10(2)12-7-8-13(25-12)11-9-18-15(21)19-14(11)20/h9-10,12-13,22H,6-8H2,1-5H3,(H,23,24)(H2,18,19,20,21). The van der Waals surface area contributed by atoms with Crippen LogP contribution in [0.3, 0.4) is 0 Å². The number of aliphatic hydroxyl groups is 1. The van der Waals surface area contributed by atoms with Crippen LogP contribution in [0.1, 0.15) is 65.5 Å². The lowest BCUT2D eigenvalue weighted by Crippen LogP contribution is -2.43. The smallest absolute Gasteiger partial charge is 0.359 e. The average Bonchev–Trinajstić information content (AvgIpc) is 3.02. The van der Waals surface area contributed by atoms with Crippen LogP contribution >= 0.6 is 7.60 Å². The summed E-state index contributed by atoms with van der Waals surface area (Å²) in [5, 5.41) is 8.07. The fourth-order valence-corrected chi connectivity index (χ4v) is 4.26. The van der Waals surface area contributed by atoms with E-state index in [1.54, 1.807) is 6.92 Å². The van der Waals surface area contributed by atoms with Crippen molar-refractivity contribution >= 4 is 7.60 Å². The molecule has 0 bridgehead atoms. The Balaban J connectivity index is 2.18. The van der Waals surface area contributed by atoms with Gasteiger partial charge in [-0.25, -0.2) is 4.79 Å². The maximum atomic E-state index is 12.5. The fraction of sp³-hybridized carbons (Fsp3) is 0.765. The molecule has 0 saturated carbocycles. The van der Waals surface area contributed by atoms with Gasteiger partial charge < -0.3 is 19.7 Å². The minimum absolute atomic E-state index is 0.280. The molecule has 154 valence electrons. The van der Waals surface area contributed by atoms with Gasteiger partial charge in [0.15, 0.2) is 5.34 Å². The maximum Gasteiger partial charge on any atom is 0.359 e. The fourth-order valence-electron chi connectivity index (χ4n) is 3.18. The molecule has 0 aliphatic carbocycles. The minimum atomic E-state index is -4.29. The number of rotatable bonds is 7. The highest BCUT2D eigenvalue weighted by molar-refractivity contribution is 7.54. The third kappa shape index (κ3) is 4.60. The minimum Gasteiger partial charge on any atom is -0.378 e. The molecule has 0 amide bonds. The molecule has 1 fully saturated rings. The molecule has 0 spiro atoms. The van der Waals surface area contributed by atoms with E-state index in [0.717, 1.165) is 0 Å². The van der Waals surface area contributed by atoms with Gasteiger partial charge in [0, 0.05) is 12.1 Å². The number of hydrogen-bond donors (Lipinski definition) is 4. The van der Waals surface area contributed by atoms with Crippen LogP contribution in [0.25, 0.3) is 0 Å². The Labute approximate surface area is 157 Å². The molecule has 5 unspecified atom stereocenters. The molecule has 2 heterocycles. The van der Waals surface area contributed by atoms with Gasteiger partial charge in [-0.3, -0.25) is 18.9 Å². The molecule has 27 heavy (non-hydrogen) atoms. The van der Waals surface area contributed by atoms with Gasteiger partial charge in [0.25, 0.3) is 5.56 Å². The molecule has 1 saturated heterocycles. The van der Waals surface area contributed by atoms with Crippen molar-refractivity contribution in [2.24, 2.45) is 5.92 Å². The lowest BCUT2D eigenvalue weighted by Gasteiger charge is -2.41. The van der Waals surface area contributed by atoms with Crippen LogP contribution in [0, 0.1) is 5.92 Å². The van der Waals surface area contributed by atoms with E-state index in [4.69, 9.17) is 9.26 Å². The summed E-state index contributed by atoms with van der Waals surface area (Å²) >= 11 is 0. The van der Waals surface area contributed by atoms with E-state index in [-0.39, 0.29) is 12.0 Å². The zero-order valence-electron chi connectivity index (χ0n) is 16.3. The normalized spacial score (nSPS) is 26.3. The third-order valence-electron chi connectivity index (χ3n) is 5.49. The summed E-state index contributed by atoms with van der Waals surface area (Å²) in [6.45, 7) is 7.88. The highest BCUT2D eigenvalue weighted by atomic mass is 31.2. The van der Waals surface area contributed by atoms with Gasteiger partial charge >= 0.3 is 13.3 Å². The lowest BCUT2D eigenvalue weighted by atomic mass is 9.83. The van der Waals surface area contributed by atoms with E-state index >= 15 is 0 Å². The summed E-state index contributed by atoms with van der Waals surface area (Å²) in [5.74, 6) is -0.280. The molecular weight excluding hydrogens is 375 g/mol. The van der Waals surface area contributed by atoms with Gasteiger partial charge in [-0.05, 0) is 40.0 Å². The van der Waals surface area contributed by atoms with E-state index in [1.807, 2.05) is 13.8 Å². The molecule has 9 nitrogen and oxygen atoms in total. The number of H-pyrrole nitrogens is 2. The van der Waals surface area contributed by atoms with E-state index in [9.17, 15) is 24.2 Å². The van der Waals surface area contributed by atoms with Crippen molar-refractivity contribution in [1.29, 1.82) is 0 Å². The van der Waals surface area contributed by atoms with Gasteiger partial charge in [-0.2, -0.15) is 0 Å². The summed E-state index contributed by atoms with van der Waals surface area (Å²) < 4.78 is 24.0. The van der Waals surface area contributed by atoms with Crippen molar-refractivity contribution in [2.45, 2.75) is 77.0 Å². The summed E-state index contributed by atoms with van der Waals surface area (Å²) in [6.07, 6.45) is 2.19. The van der Waals surface area contributed by atoms with Crippen molar-refractivity contribution in [3.05, 3.63) is 32.6 Å². The Morgan fingerprint density at radius 3 is 2.52 bits per heavy atom. The van der Waals surface area contributed by atoms with Crippen LogP contribution in [0.2, 0.25) is 0 Å². The zero-order valence-corrected chi connectivity index (χ0v) is 17.2. The molecule has 0 radical (unpaired) electrons. The van der Waals surface area contributed by atoms with Gasteiger partial charge in [0.2, 0.25) is 0 Å². The predicted molar refractivity (Wildman–Crippen MR) is 99.6 cm³/mol. The van der Waals surface area contributed by atoms with Gasteiger partial charge in [-0.1, -0.05) is 13.8 Å². The molecule has 0 aromatic carbocycles. The summed E-state index contributed by atoms with van der Waals surface area (Å²) in [4.78, 5) is 37.9. The van der Waals surface area contributed by atoms with E-state index in [2.05, 4.69) is 9.97 Å². The van der Waals surface area contributed by atoms with Crippen LogP contribution < -0.4 is 11.2 Å². The highest BCUT2D eigenvalue weighted by Crippen LogP contribution is 2.58. The highest BCUT2D eigenvalue weighted by Gasteiger charge is 2.48. The Hall–Kier alpha value is -1.25. The first-order valence-electron chi connectivity index (χ1n) is 9.04. The Morgan fingerprint density at radius 2 is 2.00 bits per heavy atom. The van der Waals surface area contributed by atoms with Crippen molar-refractivity contribution < 1.29 is 23.8 Å². The topological polar surface area (TPSA) is 142 Å². The first-order chi connectivity index (χ1) is 12.3. The van der Waals surface area contributed by atoms with Gasteiger partial charge in [0.1, 0.15) is 0 Å². The molecule has 1 aromatic heterocycles. The number of nitrogens with one attached hydrogen (secondary N) is 2.